The van der Waals surface area contributed by atoms with E-state index in [0.717, 1.165) is 0 Å². The van der Waals surface area contributed by atoms with Gasteiger partial charge in [-0.1, -0.05) is 5.16 Å². The first kappa shape index (κ1) is 12.2. The predicted octanol–water partition coefficient (Wildman–Crippen LogP) is 0.428. The maximum Gasteiger partial charge on any atom is 0.379 e. The van der Waals surface area contributed by atoms with Crippen LogP contribution in [0.4, 0.5) is 0 Å². The van der Waals surface area contributed by atoms with Gasteiger partial charge in [-0.3, -0.25) is 0 Å². The van der Waals surface area contributed by atoms with E-state index in [-0.39, 0.29) is 18.5 Å². The van der Waals surface area contributed by atoms with E-state index in [1.807, 2.05) is 0 Å². The summed E-state index contributed by atoms with van der Waals surface area (Å²) in [5.41, 5.74) is 0. The Labute approximate surface area is 93.1 Å². The fraction of sp³-hybridized carbons (Fsp3) is 0.556. The molecule has 0 aromatic carbocycles. The van der Waals surface area contributed by atoms with E-state index in [2.05, 4.69) is 15.2 Å². The number of ether oxygens (including phenoxy) is 1. The third-order valence-corrected chi connectivity index (χ3v) is 1.44. The summed E-state index contributed by atoms with van der Waals surface area (Å²) in [6, 6.07) is 0. The molecular weight excluding hydrogens is 212 g/mol. The normalized spacial score (nSPS) is 11.6. The van der Waals surface area contributed by atoms with E-state index >= 15 is 0 Å². The molecule has 7 nitrogen and oxygen atoms in total. The van der Waals surface area contributed by atoms with Crippen LogP contribution in [0.2, 0.25) is 0 Å². The highest BCUT2D eigenvalue weighted by atomic mass is 16.6. The zero-order valence-electron chi connectivity index (χ0n) is 9.45. The van der Waals surface area contributed by atoms with Crippen molar-refractivity contribution < 1.29 is 14.4 Å². The molecule has 1 rings (SSSR count). The van der Waals surface area contributed by atoms with Crippen LogP contribution in [0.1, 0.15) is 20.8 Å². The Hall–Kier alpha value is -1.92. The van der Waals surface area contributed by atoms with Gasteiger partial charge < -0.3 is 9.57 Å². The first-order chi connectivity index (χ1) is 7.65. The topological polar surface area (TPSA) is 78.6 Å². The zero-order valence-corrected chi connectivity index (χ0v) is 9.45. The first-order valence-electron chi connectivity index (χ1n) is 4.91. The van der Waals surface area contributed by atoms with Gasteiger partial charge in [-0.2, -0.15) is 9.78 Å². The zero-order chi connectivity index (χ0) is 12.0. The van der Waals surface area contributed by atoms with Crippen molar-refractivity contribution in [3.05, 3.63) is 12.7 Å². The van der Waals surface area contributed by atoms with E-state index in [4.69, 9.17) is 9.57 Å². The summed E-state index contributed by atoms with van der Waals surface area (Å²) in [4.78, 5) is 20.2. The molecule has 0 saturated carbocycles. The molecule has 7 heteroatoms. The third-order valence-electron chi connectivity index (χ3n) is 1.44. The number of carbonyl (C=O) groups is 1. The molecule has 16 heavy (non-hydrogen) atoms. The van der Waals surface area contributed by atoms with Crippen molar-refractivity contribution in [1.82, 2.24) is 14.8 Å². The fourth-order valence-electron chi connectivity index (χ4n) is 0.841. The monoisotopic (exact) mass is 226 g/mol. The molecule has 0 aliphatic rings. The van der Waals surface area contributed by atoms with Gasteiger partial charge in [-0.15, -0.1) is 0 Å². The average molecular weight is 226 g/mol. The lowest BCUT2D eigenvalue weighted by Crippen LogP contribution is -2.26. The molecule has 0 unspecified atom stereocenters. The van der Waals surface area contributed by atoms with Crippen molar-refractivity contribution in [3.63, 3.8) is 0 Å². The van der Waals surface area contributed by atoms with Crippen LogP contribution in [0, 0.1) is 0 Å². The quantitative estimate of drug-likeness (QED) is 0.323. The molecule has 0 radical (unpaired) electrons. The van der Waals surface area contributed by atoms with Gasteiger partial charge in [0, 0.05) is 0 Å². The minimum atomic E-state index is -0.603. The number of hydrogen-bond acceptors (Lipinski definition) is 6. The lowest BCUT2D eigenvalue weighted by atomic mass is 10.5. The second-order valence-electron chi connectivity index (χ2n) is 3.13. The molecule has 1 heterocycles. The number of aromatic nitrogens is 3. The molecule has 88 valence electrons. The van der Waals surface area contributed by atoms with Crippen molar-refractivity contribution in [1.29, 1.82) is 0 Å². The molecule has 1 aromatic heterocycles. The van der Waals surface area contributed by atoms with Crippen molar-refractivity contribution >= 4 is 11.8 Å². The van der Waals surface area contributed by atoms with Crippen LogP contribution in [0.3, 0.4) is 0 Å². The number of carbonyl (C=O) groups excluding carboxylic acids is 1. The molecular formula is C9H14N4O3. The van der Waals surface area contributed by atoms with E-state index in [0.29, 0.717) is 0 Å². The highest BCUT2D eigenvalue weighted by molar-refractivity contribution is 6.35. The lowest BCUT2D eigenvalue weighted by molar-refractivity contribution is -0.135. The summed E-state index contributed by atoms with van der Waals surface area (Å²) in [5, 5.41) is 7.48. The Morgan fingerprint density at radius 3 is 2.81 bits per heavy atom. The molecule has 0 spiro atoms. The van der Waals surface area contributed by atoms with Gasteiger partial charge in [0.15, 0.2) is 0 Å². The van der Waals surface area contributed by atoms with Crippen LogP contribution >= 0.6 is 0 Å². The standard InChI is InChI=1S/C9H14N4O3/c1-4-15-9(14)8(12-16-7(2)3)13-6-10-5-11-13/h5-7H,4H2,1-3H3. The van der Waals surface area contributed by atoms with Crippen molar-refractivity contribution in [2.45, 2.75) is 26.9 Å². The molecule has 0 aliphatic carbocycles. The number of esters is 1. The maximum atomic E-state index is 11.5. The Morgan fingerprint density at radius 1 is 1.56 bits per heavy atom. The van der Waals surface area contributed by atoms with Gasteiger partial charge in [0.05, 0.1) is 6.61 Å². The van der Waals surface area contributed by atoms with E-state index in [9.17, 15) is 4.79 Å². The molecule has 0 N–H and O–H groups in total. The molecule has 1 aromatic rings. The minimum Gasteiger partial charge on any atom is -0.460 e. The summed E-state index contributed by atoms with van der Waals surface area (Å²) < 4.78 is 6.02. The number of nitrogens with zero attached hydrogens (tertiary/aromatic N) is 4. The van der Waals surface area contributed by atoms with Crippen LogP contribution in [-0.2, 0) is 14.4 Å². The third kappa shape index (κ3) is 3.34. The Morgan fingerprint density at radius 2 is 2.31 bits per heavy atom. The van der Waals surface area contributed by atoms with Gasteiger partial charge in [0.1, 0.15) is 18.8 Å². The fourth-order valence-corrected chi connectivity index (χ4v) is 0.841. The molecule has 0 fully saturated rings. The van der Waals surface area contributed by atoms with Gasteiger partial charge in [-0.05, 0) is 20.8 Å². The summed E-state index contributed by atoms with van der Waals surface area (Å²) in [6.45, 7) is 5.57. The molecule has 0 aliphatic heterocycles. The average Bonchev–Trinajstić information content (AvgIpc) is 2.71. The number of hydrogen-bond donors (Lipinski definition) is 0. The van der Waals surface area contributed by atoms with Gasteiger partial charge in [-0.25, -0.2) is 9.78 Å². The number of rotatable bonds is 3. The molecule has 0 saturated heterocycles. The molecule has 0 bridgehead atoms. The van der Waals surface area contributed by atoms with Gasteiger partial charge in [0.2, 0.25) is 0 Å². The van der Waals surface area contributed by atoms with Crippen molar-refractivity contribution in [2.24, 2.45) is 5.16 Å². The Bertz CT molecular complexity index is 359. The Balaban J connectivity index is 2.85. The second kappa shape index (κ2) is 5.84. The van der Waals surface area contributed by atoms with E-state index < -0.39 is 5.97 Å². The SMILES string of the molecule is CCOC(=O)C(=NOC(C)C)n1cncn1. The highest BCUT2D eigenvalue weighted by Crippen LogP contribution is 1.94. The van der Waals surface area contributed by atoms with E-state index in [1.165, 1.54) is 17.3 Å². The highest BCUT2D eigenvalue weighted by Gasteiger charge is 2.17. The summed E-state index contributed by atoms with van der Waals surface area (Å²) >= 11 is 0. The van der Waals surface area contributed by atoms with E-state index in [1.54, 1.807) is 20.8 Å². The lowest BCUT2D eigenvalue weighted by Gasteiger charge is -2.06. The summed E-state index contributed by atoms with van der Waals surface area (Å²) in [5.74, 6) is -0.651. The van der Waals surface area contributed by atoms with Crippen LogP contribution < -0.4 is 0 Å². The number of oxime groups is 1. The van der Waals surface area contributed by atoms with Gasteiger partial charge >= 0.3 is 5.97 Å². The minimum absolute atomic E-state index is 0.0481. The maximum absolute atomic E-state index is 11.5. The van der Waals surface area contributed by atoms with Crippen LogP contribution in [0.5, 0.6) is 0 Å². The molecule has 0 atom stereocenters. The smallest absolute Gasteiger partial charge is 0.379 e. The Kier molecular flexibility index (Phi) is 4.43. The second-order valence-corrected chi connectivity index (χ2v) is 3.13. The summed E-state index contributed by atoms with van der Waals surface area (Å²) in [6.07, 6.45) is 2.51. The van der Waals surface area contributed by atoms with Crippen LogP contribution in [0.25, 0.3) is 0 Å². The largest absolute Gasteiger partial charge is 0.460 e. The predicted molar refractivity (Wildman–Crippen MR) is 55.7 cm³/mol. The van der Waals surface area contributed by atoms with Crippen molar-refractivity contribution in [3.8, 4) is 0 Å². The first-order valence-corrected chi connectivity index (χ1v) is 4.91. The van der Waals surface area contributed by atoms with Crippen molar-refractivity contribution in [2.75, 3.05) is 6.61 Å². The molecule has 0 amide bonds. The van der Waals surface area contributed by atoms with Crippen LogP contribution in [-0.4, -0.2) is 39.3 Å². The van der Waals surface area contributed by atoms with Crippen LogP contribution in [0.15, 0.2) is 17.8 Å². The van der Waals surface area contributed by atoms with Gasteiger partial charge in [0.25, 0.3) is 5.84 Å². The summed E-state index contributed by atoms with van der Waals surface area (Å²) in [7, 11) is 0.